The first kappa shape index (κ1) is 29.5. The molecular weight excluding hydrogens is 513 g/mol. The van der Waals surface area contributed by atoms with Gasteiger partial charge in [0, 0.05) is 12.4 Å². The van der Waals surface area contributed by atoms with Crippen molar-refractivity contribution in [2.24, 2.45) is 0 Å². The van der Waals surface area contributed by atoms with Crippen LogP contribution < -0.4 is 0 Å². The van der Waals surface area contributed by atoms with Gasteiger partial charge in [0.05, 0.1) is 22.5 Å². The molecule has 4 aromatic rings. The van der Waals surface area contributed by atoms with Crippen LogP contribution in [0.3, 0.4) is 0 Å². The first-order valence-electron chi connectivity index (χ1n) is 14.4. The van der Waals surface area contributed by atoms with Gasteiger partial charge < -0.3 is 0 Å². The molecule has 0 radical (unpaired) electrons. The van der Waals surface area contributed by atoms with Crippen LogP contribution in [0.25, 0.3) is 11.6 Å². The maximum absolute atomic E-state index is 13.3. The maximum Gasteiger partial charge on any atom is 0.435 e. The number of pyridine rings is 2. The number of unbranched alkanes of at least 4 members (excludes halogenated alkanes) is 6. The Morgan fingerprint density at radius 2 is 1.15 bits per heavy atom. The number of hydrogen-bond acceptors (Lipinski definition) is 4. The van der Waals surface area contributed by atoms with E-state index in [0.717, 1.165) is 93.2 Å². The highest BCUT2D eigenvalue weighted by molar-refractivity contribution is 5.38. The minimum Gasteiger partial charge on any atom is -0.233 e. The third kappa shape index (κ3) is 6.98. The van der Waals surface area contributed by atoms with Crippen LogP contribution in [-0.4, -0.2) is 29.5 Å². The molecule has 6 nitrogen and oxygen atoms in total. The number of alkyl halides is 3. The fourth-order valence-corrected chi connectivity index (χ4v) is 5.26. The van der Waals surface area contributed by atoms with Gasteiger partial charge in [0.25, 0.3) is 0 Å². The molecule has 0 amide bonds. The summed E-state index contributed by atoms with van der Waals surface area (Å²) in [5.74, 6) is 1.09. The lowest BCUT2D eigenvalue weighted by Gasteiger charge is -2.34. The minimum absolute atomic E-state index is 0.360. The van der Waals surface area contributed by atoms with Gasteiger partial charge in [-0.25, -0.2) is 19.3 Å². The van der Waals surface area contributed by atoms with Gasteiger partial charge in [-0.05, 0) is 56.2 Å². The van der Waals surface area contributed by atoms with E-state index in [1.165, 1.54) is 10.9 Å². The molecule has 0 N–H and O–H groups in total. The summed E-state index contributed by atoms with van der Waals surface area (Å²) in [6.07, 6.45) is 9.14. The van der Waals surface area contributed by atoms with Crippen LogP contribution in [0.4, 0.5) is 13.2 Å². The van der Waals surface area contributed by atoms with Crippen molar-refractivity contribution in [3.63, 3.8) is 0 Å². The predicted molar refractivity (Wildman–Crippen MR) is 151 cm³/mol. The summed E-state index contributed by atoms with van der Waals surface area (Å²) in [4.78, 5) is 10.1. The summed E-state index contributed by atoms with van der Waals surface area (Å²) in [6, 6.07) is 14.5. The topological polar surface area (TPSA) is 61.4 Å². The lowest BCUT2D eigenvalue weighted by Crippen LogP contribution is -2.31. The van der Waals surface area contributed by atoms with Crippen LogP contribution >= 0.6 is 0 Å². The number of nitrogens with zero attached hydrogens (tertiary/aromatic N) is 6. The van der Waals surface area contributed by atoms with E-state index in [1.54, 1.807) is 10.7 Å². The Bertz CT molecular complexity index is 1340. The van der Waals surface area contributed by atoms with E-state index in [2.05, 4.69) is 30.1 Å². The number of halogens is 3. The van der Waals surface area contributed by atoms with Gasteiger partial charge in [0.15, 0.2) is 17.3 Å². The summed E-state index contributed by atoms with van der Waals surface area (Å²) in [5, 5.41) is 8.34. The quantitative estimate of drug-likeness (QED) is 0.147. The number of rotatable bonds is 14. The molecule has 0 aromatic carbocycles. The van der Waals surface area contributed by atoms with Crippen molar-refractivity contribution in [2.75, 3.05) is 0 Å². The lowest BCUT2D eigenvalue weighted by atomic mass is 9.72. The monoisotopic (exact) mass is 552 g/mol. The highest BCUT2D eigenvalue weighted by Gasteiger charge is 2.37. The molecule has 0 bridgehead atoms. The van der Waals surface area contributed by atoms with E-state index >= 15 is 0 Å². The van der Waals surface area contributed by atoms with E-state index < -0.39 is 17.3 Å². The Kier molecular flexibility index (Phi) is 9.76. The molecule has 0 unspecified atom stereocenters. The van der Waals surface area contributed by atoms with Gasteiger partial charge >= 0.3 is 6.18 Å². The maximum atomic E-state index is 13.3. The minimum atomic E-state index is -4.51. The van der Waals surface area contributed by atoms with Gasteiger partial charge in [-0.1, -0.05) is 77.3 Å². The Hall–Kier alpha value is -3.49. The van der Waals surface area contributed by atoms with Crippen LogP contribution in [0, 0.1) is 6.92 Å². The normalized spacial score (nSPS) is 12.2. The second kappa shape index (κ2) is 13.2. The molecule has 0 saturated heterocycles. The summed E-state index contributed by atoms with van der Waals surface area (Å²) in [7, 11) is 0. The van der Waals surface area contributed by atoms with E-state index in [4.69, 9.17) is 9.97 Å². The highest BCUT2D eigenvalue weighted by Crippen LogP contribution is 2.41. The van der Waals surface area contributed by atoms with E-state index in [-0.39, 0.29) is 0 Å². The van der Waals surface area contributed by atoms with Gasteiger partial charge in [0.2, 0.25) is 0 Å². The van der Waals surface area contributed by atoms with Crippen molar-refractivity contribution in [3.8, 4) is 11.6 Å². The lowest BCUT2D eigenvalue weighted by molar-refractivity contribution is -0.141. The fraction of sp³-hybridized carbons (Fsp3) is 0.484. The standard InChI is InChI=1S/C31H39F3N6/c1-4-6-8-10-20-30(21-11-9-7-5-2,25-14-12-16-28(35-25)39-22-18-24(3)37-39)26-15-13-17-29(36-26)40-23-19-27(38-40)31(32,33)34/h12-19,22-23H,4-11,20-21H2,1-3H3. The van der Waals surface area contributed by atoms with Gasteiger partial charge in [-0.15, -0.1) is 0 Å². The van der Waals surface area contributed by atoms with Crippen LogP contribution in [-0.2, 0) is 11.6 Å². The van der Waals surface area contributed by atoms with Crippen molar-refractivity contribution in [1.82, 2.24) is 29.5 Å². The summed E-state index contributed by atoms with van der Waals surface area (Å²) >= 11 is 0. The van der Waals surface area contributed by atoms with Crippen molar-refractivity contribution < 1.29 is 13.2 Å². The van der Waals surface area contributed by atoms with Gasteiger partial charge in [-0.3, -0.25) is 0 Å². The average Bonchev–Trinajstić information content (AvgIpc) is 3.63. The molecule has 4 aromatic heterocycles. The molecule has 40 heavy (non-hydrogen) atoms. The van der Waals surface area contributed by atoms with E-state index in [9.17, 15) is 13.2 Å². The highest BCUT2D eigenvalue weighted by atomic mass is 19.4. The smallest absolute Gasteiger partial charge is 0.233 e. The Labute approximate surface area is 234 Å². The molecule has 9 heteroatoms. The zero-order chi connectivity index (χ0) is 28.6. The molecular formula is C31H39F3N6. The molecule has 4 rings (SSSR count). The van der Waals surface area contributed by atoms with Crippen molar-refractivity contribution in [1.29, 1.82) is 0 Å². The van der Waals surface area contributed by atoms with Crippen LogP contribution in [0.1, 0.15) is 101 Å². The molecule has 0 atom stereocenters. The van der Waals surface area contributed by atoms with Gasteiger partial charge in [0.1, 0.15) is 0 Å². The van der Waals surface area contributed by atoms with Crippen LogP contribution in [0.5, 0.6) is 0 Å². The predicted octanol–water partition coefficient (Wildman–Crippen LogP) is 8.40. The third-order valence-corrected chi connectivity index (χ3v) is 7.43. The third-order valence-electron chi connectivity index (χ3n) is 7.43. The number of hydrogen-bond donors (Lipinski definition) is 0. The molecule has 214 valence electrons. The van der Waals surface area contributed by atoms with Crippen LogP contribution in [0.2, 0.25) is 0 Å². The average molecular weight is 553 g/mol. The first-order valence-corrected chi connectivity index (χ1v) is 14.4. The molecule has 0 spiro atoms. The largest absolute Gasteiger partial charge is 0.435 e. The molecule has 4 heterocycles. The van der Waals surface area contributed by atoms with Crippen LogP contribution in [0.15, 0.2) is 60.9 Å². The Morgan fingerprint density at radius 1 is 0.625 bits per heavy atom. The van der Waals surface area contributed by atoms with Crippen molar-refractivity contribution in [2.45, 2.75) is 96.6 Å². The van der Waals surface area contributed by atoms with Crippen molar-refractivity contribution >= 4 is 0 Å². The zero-order valence-electron chi connectivity index (χ0n) is 23.7. The second-order valence-corrected chi connectivity index (χ2v) is 10.5. The first-order chi connectivity index (χ1) is 19.3. The fourth-order valence-electron chi connectivity index (χ4n) is 5.26. The molecule has 0 saturated carbocycles. The van der Waals surface area contributed by atoms with E-state index in [1.807, 2.05) is 43.5 Å². The molecule has 0 aliphatic heterocycles. The zero-order valence-corrected chi connectivity index (χ0v) is 23.7. The SMILES string of the molecule is CCCCCCC(CCCCCC)(c1cccc(-n2ccc(C)n2)n1)c1cccc(-n2ccc(C(F)(F)F)n2)n1. The number of aryl methyl sites for hydroxylation is 1. The Morgan fingerprint density at radius 3 is 1.60 bits per heavy atom. The second-order valence-electron chi connectivity index (χ2n) is 10.5. The summed E-state index contributed by atoms with van der Waals surface area (Å²) in [5.41, 5.74) is 1.18. The van der Waals surface area contributed by atoms with Crippen molar-refractivity contribution in [3.05, 3.63) is 83.7 Å². The summed E-state index contributed by atoms with van der Waals surface area (Å²) < 4.78 is 42.8. The molecule has 0 aliphatic rings. The molecule has 0 fully saturated rings. The Balaban J connectivity index is 1.82. The number of aromatic nitrogens is 6. The van der Waals surface area contributed by atoms with E-state index in [0.29, 0.717) is 5.82 Å². The molecule has 0 aliphatic carbocycles. The van der Waals surface area contributed by atoms with Gasteiger partial charge in [-0.2, -0.15) is 23.4 Å². The summed E-state index contributed by atoms with van der Waals surface area (Å²) in [6.45, 7) is 6.33.